The van der Waals surface area contributed by atoms with Gasteiger partial charge in [0.25, 0.3) is 5.91 Å². The summed E-state index contributed by atoms with van der Waals surface area (Å²) in [7, 11) is 1.55. The largest absolute Gasteiger partial charge is 0.495 e. The summed E-state index contributed by atoms with van der Waals surface area (Å²) in [5, 5.41) is 6.82. The van der Waals surface area contributed by atoms with Gasteiger partial charge in [-0.1, -0.05) is 34.6 Å². The third-order valence-electron chi connectivity index (χ3n) is 5.08. The molecule has 1 saturated carbocycles. The molecule has 1 aromatic carbocycles. The van der Waals surface area contributed by atoms with Crippen molar-refractivity contribution in [1.82, 2.24) is 10.1 Å². The molecule has 7 nitrogen and oxygen atoms in total. The molecule has 164 valence electrons. The van der Waals surface area contributed by atoms with Crippen LogP contribution >= 0.6 is 34.7 Å². The van der Waals surface area contributed by atoms with Gasteiger partial charge in [0.2, 0.25) is 5.89 Å². The molecule has 10 heteroatoms. The zero-order chi connectivity index (χ0) is 22.2. The first kappa shape index (κ1) is 21.2. The number of rotatable bonds is 6. The molecule has 32 heavy (non-hydrogen) atoms. The molecule has 1 aliphatic heterocycles. The number of carbonyl (C=O) groups excluding carboxylic acids is 1. The van der Waals surface area contributed by atoms with Crippen LogP contribution in [0.2, 0.25) is 5.02 Å². The summed E-state index contributed by atoms with van der Waals surface area (Å²) in [5.41, 5.74) is 0.969. The van der Waals surface area contributed by atoms with Gasteiger partial charge in [-0.2, -0.15) is 4.98 Å². The predicted molar refractivity (Wildman–Crippen MR) is 128 cm³/mol. The van der Waals surface area contributed by atoms with Crippen LogP contribution < -0.4 is 9.64 Å². The Morgan fingerprint density at radius 3 is 2.91 bits per heavy atom. The van der Waals surface area contributed by atoms with Crippen molar-refractivity contribution in [3.63, 3.8) is 0 Å². The van der Waals surface area contributed by atoms with Gasteiger partial charge >= 0.3 is 0 Å². The van der Waals surface area contributed by atoms with Crippen LogP contribution in [0.3, 0.4) is 0 Å². The summed E-state index contributed by atoms with van der Waals surface area (Å²) in [6, 6.07) is 9.10. The molecule has 1 amide bonds. The van der Waals surface area contributed by atoms with Crippen molar-refractivity contribution in [2.45, 2.75) is 30.9 Å². The van der Waals surface area contributed by atoms with Crippen molar-refractivity contribution in [1.29, 1.82) is 0 Å². The highest BCUT2D eigenvalue weighted by molar-refractivity contribution is 8.14. The number of carbonyl (C=O) groups is 1. The molecule has 1 atom stereocenters. The van der Waals surface area contributed by atoms with Crippen LogP contribution in [0.15, 0.2) is 50.9 Å². The highest BCUT2D eigenvalue weighted by atomic mass is 35.5. The molecular formula is C22H19ClN4O3S2. The summed E-state index contributed by atoms with van der Waals surface area (Å²) in [6.07, 6.45) is 4.00. The fraction of sp³-hybridized carbons (Fsp3) is 0.273. The number of anilines is 1. The molecule has 3 aromatic rings. The Morgan fingerprint density at radius 2 is 2.22 bits per heavy atom. The number of thiophene rings is 1. The monoisotopic (exact) mass is 486 g/mol. The van der Waals surface area contributed by atoms with Crippen LogP contribution in [0.5, 0.6) is 5.75 Å². The van der Waals surface area contributed by atoms with E-state index in [2.05, 4.69) is 15.1 Å². The van der Waals surface area contributed by atoms with Crippen molar-refractivity contribution in [3.8, 4) is 5.75 Å². The van der Waals surface area contributed by atoms with E-state index in [1.807, 2.05) is 24.4 Å². The smallest absolute Gasteiger partial charge is 0.283 e. The molecule has 0 saturated heterocycles. The van der Waals surface area contributed by atoms with Crippen molar-refractivity contribution in [2.24, 2.45) is 4.99 Å². The third kappa shape index (κ3) is 4.20. The van der Waals surface area contributed by atoms with E-state index in [1.54, 1.807) is 47.6 Å². The highest BCUT2D eigenvalue weighted by Crippen LogP contribution is 2.41. The normalized spacial score (nSPS) is 18.3. The Bertz CT molecular complexity index is 1220. The van der Waals surface area contributed by atoms with Gasteiger partial charge in [0, 0.05) is 10.8 Å². The maximum absolute atomic E-state index is 13.3. The van der Waals surface area contributed by atoms with Crippen LogP contribution in [0.1, 0.15) is 47.5 Å². The molecule has 0 bridgehead atoms. The molecule has 1 unspecified atom stereocenters. The van der Waals surface area contributed by atoms with Crippen molar-refractivity contribution in [3.05, 3.63) is 63.0 Å². The van der Waals surface area contributed by atoms with E-state index < -0.39 is 0 Å². The number of nitrogens with zero attached hydrogens (tertiary/aromatic N) is 4. The number of hydrogen-bond donors (Lipinski definition) is 0. The van der Waals surface area contributed by atoms with Crippen LogP contribution in [0, 0.1) is 0 Å². The highest BCUT2D eigenvalue weighted by Gasteiger charge is 2.35. The minimum atomic E-state index is -0.224. The molecule has 0 N–H and O–H groups in total. The van der Waals surface area contributed by atoms with Gasteiger partial charge in [0.15, 0.2) is 11.0 Å². The van der Waals surface area contributed by atoms with Gasteiger partial charge in [0.1, 0.15) is 11.4 Å². The summed E-state index contributed by atoms with van der Waals surface area (Å²) < 4.78 is 10.7. The molecule has 2 aliphatic rings. The van der Waals surface area contributed by atoms with Crippen molar-refractivity contribution >= 4 is 57.5 Å². The zero-order valence-corrected chi connectivity index (χ0v) is 19.7. The van der Waals surface area contributed by atoms with Gasteiger partial charge in [0.05, 0.1) is 23.1 Å². The lowest BCUT2D eigenvalue weighted by Gasteiger charge is -2.19. The number of methoxy groups -OCH3 is 1. The molecule has 1 fully saturated rings. The van der Waals surface area contributed by atoms with Gasteiger partial charge in [-0.25, -0.2) is 4.99 Å². The van der Waals surface area contributed by atoms with Crippen molar-refractivity contribution in [2.75, 3.05) is 12.0 Å². The summed E-state index contributed by atoms with van der Waals surface area (Å²) in [6.45, 7) is 1.96. The number of ether oxygens (including phenoxy) is 1. The van der Waals surface area contributed by atoms with E-state index >= 15 is 0 Å². The Morgan fingerprint density at radius 1 is 1.38 bits per heavy atom. The fourth-order valence-electron chi connectivity index (χ4n) is 3.23. The minimum Gasteiger partial charge on any atom is -0.495 e. The number of aliphatic imine (C=N–C) groups is 1. The number of amidine groups is 1. The zero-order valence-electron chi connectivity index (χ0n) is 17.3. The molecule has 2 aromatic heterocycles. The van der Waals surface area contributed by atoms with Crippen LogP contribution in [-0.2, 0) is 4.79 Å². The van der Waals surface area contributed by atoms with Crippen LogP contribution in [0.25, 0.3) is 6.08 Å². The number of benzene rings is 1. The number of thioether (sulfide) groups is 1. The first-order valence-corrected chi connectivity index (χ1v) is 12.2. The Kier molecular flexibility index (Phi) is 5.79. The average Bonchev–Trinajstić information content (AvgIpc) is 3.17. The van der Waals surface area contributed by atoms with E-state index in [9.17, 15) is 4.79 Å². The number of aromatic nitrogens is 2. The second-order valence-corrected chi connectivity index (χ2v) is 10.1. The number of halogens is 1. The predicted octanol–water partition coefficient (Wildman–Crippen LogP) is 5.91. The van der Waals surface area contributed by atoms with Crippen LogP contribution in [0.4, 0.5) is 5.69 Å². The lowest BCUT2D eigenvalue weighted by atomic mass is 10.2. The third-order valence-corrected chi connectivity index (χ3v) is 7.23. The van der Waals surface area contributed by atoms with Gasteiger partial charge in [-0.15, -0.1) is 11.3 Å². The number of amides is 1. The summed E-state index contributed by atoms with van der Waals surface area (Å²) in [5.74, 6) is 2.01. The van der Waals surface area contributed by atoms with Crippen LogP contribution in [-0.4, -0.2) is 28.3 Å². The van der Waals surface area contributed by atoms with Gasteiger partial charge in [-0.05, 0) is 55.5 Å². The molecule has 3 heterocycles. The maximum atomic E-state index is 13.3. The SMILES string of the molecule is COc1ccc(N2C(=O)/C(=C/c3cccs3)N=C2SC(C)c2nc(C3CC3)no2)cc1Cl. The first-order chi connectivity index (χ1) is 15.5. The standard InChI is InChI=1S/C22H19ClN4O3S2/c1-12(20-25-19(26-30-20)13-5-6-13)32-22-24-17(11-15-4-3-9-31-15)21(28)27(22)14-7-8-18(29-2)16(23)10-14/h3-4,7-13H,5-6H2,1-2H3/b17-11-. The summed E-state index contributed by atoms with van der Waals surface area (Å²) in [4.78, 5) is 25.0. The maximum Gasteiger partial charge on any atom is 0.283 e. The van der Waals surface area contributed by atoms with E-state index in [1.165, 1.54) is 11.8 Å². The van der Waals surface area contributed by atoms with Gasteiger partial charge in [-0.3, -0.25) is 9.69 Å². The van der Waals surface area contributed by atoms with Gasteiger partial charge < -0.3 is 9.26 Å². The second kappa shape index (κ2) is 8.73. The average molecular weight is 487 g/mol. The molecule has 0 spiro atoms. The Labute approximate surface area is 198 Å². The lowest BCUT2D eigenvalue weighted by molar-refractivity contribution is -0.113. The van der Waals surface area contributed by atoms with Crippen molar-refractivity contribution < 1.29 is 14.1 Å². The quantitative estimate of drug-likeness (QED) is 0.403. The summed E-state index contributed by atoms with van der Waals surface area (Å²) >= 11 is 9.28. The number of hydrogen-bond acceptors (Lipinski definition) is 8. The van der Waals surface area contributed by atoms with E-state index in [0.29, 0.717) is 39.1 Å². The fourth-order valence-corrected chi connectivity index (χ4v) is 5.09. The van der Waals surface area contributed by atoms with E-state index in [-0.39, 0.29) is 11.2 Å². The first-order valence-electron chi connectivity index (χ1n) is 10.1. The molecule has 5 rings (SSSR count). The molecule has 1 aliphatic carbocycles. The lowest BCUT2D eigenvalue weighted by Crippen LogP contribution is -2.30. The Hall–Kier alpha value is -2.62. The molecular weight excluding hydrogens is 468 g/mol. The molecule has 0 radical (unpaired) electrons. The topological polar surface area (TPSA) is 80.8 Å². The van der Waals surface area contributed by atoms with E-state index in [4.69, 9.17) is 20.9 Å². The second-order valence-electron chi connectivity index (χ2n) is 7.42. The van der Waals surface area contributed by atoms with E-state index in [0.717, 1.165) is 23.5 Å². The Balaban J connectivity index is 1.47. The minimum absolute atomic E-state index is 0.182.